The highest BCUT2D eigenvalue weighted by Crippen LogP contribution is 2.24. The van der Waals surface area contributed by atoms with Crippen molar-refractivity contribution in [3.05, 3.63) is 54.4 Å². The highest BCUT2D eigenvalue weighted by atomic mass is 32.2. The number of nitrogens with one attached hydrogen (secondary N) is 1. The zero-order valence-electron chi connectivity index (χ0n) is 17.9. The van der Waals surface area contributed by atoms with Gasteiger partial charge >= 0.3 is 5.97 Å². The van der Waals surface area contributed by atoms with Crippen LogP contribution in [-0.4, -0.2) is 62.9 Å². The monoisotopic (exact) mass is 461 g/mol. The summed E-state index contributed by atoms with van der Waals surface area (Å²) in [4.78, 5) is 28.2. The molecule has 0 unspecified atom stereocenters. The molecule has 2 heterocycles. The number of benzene rings is 1. The van der Waals surface area contributed by atoms with Gasteiger partial charge in [-0.1, -0.05) is 12.1 Å². The van der Waals surface area contributed by atoms with Gasteiger partial charge in [-0.15, -0.1) is 0 Å². The van der Waals surface area contributed by atoms with Crippen LogP contribution < -0.4 is 10.1 Å². The van der Waals surface area contributed by atoms with Gasteiger partial charge < -0.3 is 14.8 Å². The Hall–Kier alpha value is -2.98. The zero-order chi connectivity index (χ0) is 23.0. The minimum atomic E-state index is -3.63. The molecule has 2 aromatic rings. The predicted octanol–water partition coefficient (Wildman–Crippen LogP) is 1.39. The predicted molar refractivity (Wildman–Crippen MR) is 116 cm³/mol. The number of ether oxygens (including phenoxy) is 2. The van der Waals surface area contributed by atoms with Crippen LogP contribution in [-0.2, 0) is 30.8 Å². The van der Waals surface area contributed by atoms with Gasteiger partial charge in [0.1, 0.15) is 10.6 Å². The lowest BCUT2D eigenvalue weighted by molar-refractivity contribution is -0.153. The van der Waals surface area contributed by atoms with Gasteiger partial charge in [0.25, 0.3) is 5.91 Å². The second kappa shape index (κ2) is 11.1. The molecule has 172 valence electrons. The first kappa shape index (κ1) is 23.7. The van der Waals surface area contributed by atoms with E-state index in [1.807, 2.05) is 24.3 Å². The molecule has 0 radical (unpaired) electrons. The van der Waals surface area contributed by atoms with Crippen LogP contribution >= 0.6 is 0 Å². The maximum absolute atomic E-state index is 12.6. The van der Waals surface area contributed by atoms with Crippen molar-refractivity contribution in [2.45, 2.75) is 24.2 Å². The summed E-state index contributed by atoms with van der Waals surface area (Å²) in [7, 11) is -2.03. The fraction of sp³-hybridized carbons (Fsp3) is 0.409. The van der Waals surface area contributed by atoms with Crippen LogP contribution in [0.25, 0.3) is 0 Å². The number of methoxy groups -OCH3 is 1. The van der Waals surface area contributed by atoms with Crippen LogP contribution in [0, 0.1) is 5.92 Å². The molecule has 0 atom stereocenters. The standard InChI is InChI=1S/C22H27N3O6S/c1-30-19-6-4-17(5-7-19)8-12-24-21(26)16-31-22(27)18-9-13-25(14-10-18)32(28,29)20-3-2-11-23-15-20/h2-7,11,15,18H,8-10,12-14,16H2,1H3,(H,24,26). The Labute approximate surface area is 187 Å². The van der Waals surface area contributed by atoms with E-state index >= 15 is 0 Å². The number of amides is 1. The van der Waals surface area contributed by atoms with Gasteiger partial charge in [0.05, 0.1) is 13.0 Å². The summed E-state index contributed by atoms with van der Waals surface area (Å²) in [6, 6.07) is 10.6. The van der Waals surface area contributed by atoms with Crippen LogP contribution in [0.3, 0.4) is 0 Å². The van der Waals surface area contributed by atoms with E-state index in [-0.39, 0.29) is 30.5 Å². The third-order valence-electron chi connectivity index (χ3n) is 5.30. The summed E-state index contributed by atoms with van der Waals surface area (Å²) in [5.74, 6) is -0.509. The van der Waals surface area contributed by atoms with Gasteiger partial charge in [-0.2, -0.15) is 4.31 Å². The maximum Gasteiger partial charge on any atom is 0.309 e. The molecule has 1 saturated heterocycles. The van der Waals surface area contributed by atoms with Gasteiger partial charge in [-0.25, -0.2) is 8.42 Å². The third kappa shape index (κ3) is 6.27. The van der Waals surface area contributed by atoms with E-state index in [0.29, 0.717) is 25.8 Å². The first-order valence-electron chi connectivity index (χ1n) is 10.4. The second-order valence-corrected chi connectivity index (χ2v) is 9.36. The average Bonchev–Trinajstić information content (AvgIpc) is 2.83. The molecule has 1 fully saturated rings. The number of hydrogen-bond acceptors (Lipinski definition) is 7. The quantitative estimate of drug-likeness (QED) is 0.561. The number of piperidine rings is 1. The molecule has 0 bridgehead atoms. The van der Waals surface area contributed by atoms with E-state index in [1.54, 1.807) is 13.2 Å². The van der Waals surface area contributed by atoms with E-state index in [0.717, 1.165) is 11.3 Å². The fourth-order valence-electron chi connectivity index (χ4n) is 3.42. The molecule has 0 saturated carbocycles. The van der Waals surface area contributed by atoms with E-state index < -0.39 is 21.9 Å². The summed E-state index contributed by atoms with van der Waals surface area (Å²) in [5, 5.41) is 2.72. The van der Waals surface area contributed by atoms with Crippen molar-refractivity contribution in [2.24, 2.45) is 5.92 Å². The lowest BCUT2D eigenvalue weighted by atomic mass is 9.98. The van der Waals surface area contributed by atoms with Crippen molar-refractivity contribution in [3.63, 3.8) is 0 Å². The van der Waals surface area contributed by atoms with Crippen LogP contribution in [0.2, 0.25) is 0 Å². The number of sulfonamides is 1. The molecule has 32 heavy (non-hydrogen) atoms. The van der Waals surface area contributed by atoms with Crippen molar-refractivity contribution in [1.82, 2.24) is 14.6 Å². The number of nitrogens with zero attached hydrogens (tertiary/aromatic N) is 2. The SMILES string of the molecule is COc1ccc(CCNC(=O)COC(=O)C2CCN(S(=O)(=O)c3cccnc3)CC2)cc1. The number of esters is 1. The van der Waals surface area contributed by atoms with Gasteiger partial charge in [0, 0.05) is 32.0 Å². The molecule has 1 aromatic carbocycles. The Morgan fingerprint density at radius 1 is 1.16 bits per heavy atom. The fourth-order valence-corrected chi connectivity index (χ4v) is 4.86. The van der Waals surface area contributed by atoms with E-state index in [1.165, 1.54) is 22.8 Å². The first-order chi connectivity index (χ1) is 15.4. The molecule has 1 aromatic heterocycles. The number of carbonyl (C=O) groups excluding carboxylic acids is 2. The molecule has 1 aliphatic heterocycles. The highest BCUT2D eigenvalue weighted by Gasteiger charge is 2.33. The molecule has 0 aliphatic carbocycles. The summed E-state index contributed by atoms with van der Waals surface area (Å²) >= 11 is 0. The van der Waals surface area contributed by atoms with Crippen molar-refractivity contribution in [3.8, 4) is 5.75 Å². The normalized spacial score (nSPS) is 15.2. The first-order valence-corrected chi connectivity index (χ1v) is 11.8. The maximum atomic E-state index is 12.6. The number of rotatable bonds is 9. The molecule has 1 amide bonds. The van der Waals surface area contributed by atoms with E-state index in [2.05, 4.69) is 10.3 Å². The topological polar surface area (TPSA) is 115 Å². The summed E-state index contributed by atoms with van der Waals surface area (Å²) in [6.45, 7) is 0.499. The Kier molecular flexibility index (Phi) is 8.18. The third-order valence-corrected chi connectivity index (χ3v) is 7.18. The van der Waals surface area contributed by atoms with Gasteiger partial charge in [0.2, 0.25) is 10.0 Å². The summed E-state index contributed by atoms with van der Waals surface area (Å²) < 4.78 is 36.8. The van der Waals surface area contributed by atoms with Gasteiger partial charge in [0.15, 0.2) is 6.61 Å². The smallest absolute Gasteiger partial charge is 0.309 e. The molecule has 1 N–H and O–H groups in total. The molecule has 9 nitrogen and oxygen atoms in total. The van der Waals surface area contributed by atoms with Crippen LogP contribution in [0.4, 0.5) is 0 Å². The van der Waals surface area contributed by atoms with Crippen LogP contribution in [0.1, 0.15) is 18.4 Å². The largest absolute Gasteiger partial charge is 0.497 e. The lowest BCUT2D eigenvalue weighted by Gasteiger charge is -2.29. The Bertz CT molecular complexity index is 1000. The molecular formula is C22H27N3O6S. The van der Waals surface area contributed by atoms with Crippen LogP contribution in [0.15, 0.2) is 53.7 Å². The van der Waals surface area contributed by atoms with Crippen molar-refractivity contribution in [2.75, 3.05) is 33.4 Å². The van der Waals surface area contributed by atoms with Gasteiger partial charge in [-0.3, -0.25) is 14.6 Å². The van der Waals surface area contributed by atoms with E-state index in [9.17, 15) is 18.0 Å². The van der Waals surface area contributed by atoms with Crippen molar-refractivity contribution < 1.29 is 27.5 Å². The van der Waals surface area contributed by atoms with Crippen LogP contribution in [0.5, 0.6) is 5.75 Å². The number of pyridine rings is 1. The van der Waals surface area contributed by atoms with Crippen molar-refractivity contribution >= 4 is 21.9 Å². The molecule has 0 spiro atoms. The Morgan fingerprint density at radius 3 is 2.50 bits per heavy atom. The summed E-state index contributed by atoms with van der Waals surface area (Å²) in [5.41, 5.74) is 1.05. The molecule has 3 rings (SSSR count). The minimum absolute atomic E-state index is 0.132. The summed E-state index contributed by atoms with van der Waals surface area (Å²) in [6.07, 6.45) is 4.15. The minimum Gasteiger partial charge on any atom is -0.497 e. The number of hydrogen-bond donors (Lipinski definition) is 1. The molecule has 1 aliphatic rings. The van der Waals surface area contributed by atoms with Gasteiger partial charge in [-0.05, 0) is 49.1 Å². The highest BCUT2D eigenvalue weighted by molar-refractivity contribution is 7.89. The van der Waals surface area contributed by atoms with E-state index in [4.69, 9.17) is 9.47 Å². The van der Waals surface area contributed by atoms with Crippen molar-refractivity contribution in [1.29, 1.82) is 0 Å². The molecular weight excluding hydrogens is 434 g/mol. The molecule has 10 heteroatoms. The number of carbonyl (C=O) groups is 2. The number of aromatic nitrogens is 1. The Balaban J connectivity index is 1.37. The Morgan fingerprint density at radius 2 is 1.88 bits per heavy atom. The average molecular weight is 462 g/mol. The zero-order valence-corrected chi connectivity index (χ0v) is 18.7. The second-order valence-electron chi connectivity index (χ2n) is 7.42. The lowest BCUT2D eigenvalue weighted by Crippen LogP contribution is -2.41.